The summed E-state index contributed by atoms with van der Waals surface area (Å²) in [5.74, 6) is 3.02. The number of fused-ring (bicyclic) bond motifs is 1. The lowest BCUT2D eigenvalue weighted by Crippen LogP contribution is -2.33. The first-order chi connectivity index (χ1) is 9.75. The molecule has 1 aromatic rings. The molecule has 2 fully saturated rings. The van der Waals surface area contributed by atoms with Crippen molar-refractivity contribution in [2.45, 2.75) is 63.2 Å². The lowest BCUT2D eigenvalue weighted by molar-refractivity contribution is 0.124. The van der Waals surface area contributed by atoms with Gasteiger partial charge < -0.3 is 0 Å². The Morgan fingerprint density at radius 1 is 1.10 bits per heavy atom. The Kier molecular flexibility index (Phi) is 4.65. The Morgan fingerprint density at radius 3 is 2.65 bits per heavy atom. The zero-order valence-corrected chi connectivity index (χ0v) is 13.2. The first kappa shape index (κ1) is 14.4. The van der Waals surface area contributed by atoms with Crippen LogP contribution in [0.4, 0.5) is 0 Å². The molecule has 2 aliphatic rings. The van der Waals surface area contributed by atoms with Gasteiger partial charge in [-0.3, -0.25) is 4.98 Å². The topological polar surface area (TPSA) is 12.9 Å². The van der Waals surface area contributed by atoms with Gasteiger partial charge in [-0.2, -0.15) is 0 Å². The summed E-state index contributed by atoms with van der Waals surface area (Å²) >= 11 is 6.84. The van der Waals surface area contributed by atoms with E-state index in [1.807, 2.05) is 12.3 Å². The zero-order valence-electron chi connectivity index (χ0n) is 12.5. The number of hydrogen-bond donors (Lipinski definition) is 0. The zero-order chi connectivity index (χ0) is 13.9. The van der Waals surface area contributed by atoms with E-state index in [1.54, 1.807) is 0 Å². The molecule has 0 N–H and O–H groups in total. The van der Waals surface area contributed by atoms with Gasteiger partial charge in [0, 0.05) is 23.2 Å². The second kappa shape index (κ2) is 6.47. The molecule has 2 heteroatoms. The van der Waals surface area contributed by atoms with E-state index < -0.39 is 0 Å². The van der Waals surface area contributed by atoms with Crippen molar-refractivity contribution in [3.8, 4) is 0 Å². The first-order valence-corrected chi connectivity index (χ1v) is 8.74. The van der Waals surface area contributed by atoms with Crippen molar-refractivity contribution in [3.63, 3.8) is 0 Å². The van der Waals surface area contributed by atoms with E-state index in [9.17, 15) is 0 Å². The Balaban J connectivity index is 1.64. The summed E-state index contributed by atoms with van der Waals surface area (Å²) in [6, 6.07) is 6.17. The molecular weight excluding hydrogens is 266 g/mol. The molecule has 1 aromatic heterocycles. The quantitative estimate of drug-likeness (QED) is 0.680. The Morgan fingerprint density at radius 2 is 1.90 bits per heavy atom. The number of halogens is 1. The standard InChI is InChI=1S/C18H26ClN/c1-13(17-8-4-5-11-20-17)18(19)16-10-9-14-6-2-3-7-15(14)12-16/h4-5,8,11,13-16,18H,2-3,6-7,9-10,12H2,1H3. The third-order valence-electron chi connectivity index (χ3n) is 5.66. The van der Waals surface area contributed by atoms with Gasteiger partial charge in [-0.25, -0.2) is 0 Å². The van der Waals surface area contributed by atoms with Gasteiger partial charge in [-0.05, 0) is 49.1 Å². The van der Waals surface area contributed by atoms with Crippen LogP contribution in [0.2, 0.25) is 0 Å². The number of rotatable bonds is 3. The molecule has 5 unspecified atom stereocenters. The largest absolute Gasteiger partial charge is 0.261 e. The Hall–Kier alpha value is -0.560. The number of alkyl halides is 1. The van der Waals surface area contributed by atoms with Gasteiger partial charge in [0.2, 0.25) is 0 Å². The molecule has 0 amide bonds. The van der Waals surface area contributed by atoms with E-state index in [-0.39, 0.29) is 5.38 Å². The molecular formula is C18H26ClN. The van der Waals surface area contributed by atoms with Crippen LogP contribution < -0.4 is 0 Å². The number of aromatic nitrogens is 1. The molecule has 2 aliphatic carbocycles. The molecule has 110 valence electrons. The average Bonchev–Trinajstić information content (AvgIpc) is 2.54. The van der Waals surface area contributed by atoms with Gasteiger partial charge in [0.15, 0.2) is 0 Å². The molecule has 0 saturated heterocycles. The van der Waals surface area contributed by atoms with Crippen molar-refractivity contribution >= 4 is 11.6 Å². The summed E-state index contributed by atoms with van der Waals surface area (Å²) in [7, 11) is 0. The smallest absolute Gasteiger partial charge is 0.0446 e. The van der Waals surface area contributed by atoms with E-state index in [1.165, 1.54) is 44.9 Å². The van der Waals surface area contributed by atoms with E-state index >= 15 is 0 Å². The third-order valence-corrected chi connectivity index (χ3v) is 6.40. The monoisotopic (exact) mass is 291 g/mol. The minimum absolute atomic E-state index is 0.243. The highest BCUT2D eigenvalue weighted by atomic mass is 35.5. The summed E-state index contributed by atoms with van der Waals surface area (Å²) in [6.07, 6.45) is 11.8. The van der Waals surface area contributed by atoms with Gasteiger partial charge in [0.25, 0.3) is 0 Å². The summed E-state index contributed by atoms with van der Waals surface area (Å²) < 4.78 is 0. The highest BCUT2D eigenvalue weighted by Crippen LogP contribution is 2.46. The van der Waals surface area contributed by atoms with Crippen LogP contribution in [0, 0.1) is 17.8 Å². The highest BCUT2D eigenvalue weighted by molar-refractivity contribution is 6.21. The second-order valence-corrected chi connectivity index (χ2v) is 7.37. The van der Waals surface area contributed by atoms with Crippen molar-refractivity contribution in [2.75, 3.05) is 0 Å². The predicted octanol–water partition coefficient (Wildman–Crippen LogP) is 5.40. The summed E-state index contributed by atoms with van der Waals surface area (Å²) in [4.78, 5) is 4.49. The van der Waals surface area contributed by atoms with Gasteiger partial charge in [0.1, 0.15) is 0 Å². The SMILES string of the molecule is CC(c1ccccn1)C(Cl)C1CCC2CCCCC2C1. The van der Waals surface area contributed by atoms with Crippen LogP contribution in [0.3, 0.4) is 0 Å². The fourth-order valence-corrected chi connectivity index (χ4v) is 4.77. The number of hydrogen-bond acceptors (Lipinski definition) is 1. The summed E-state index contributed by atoms with van der Waals surface area (Å²) in [6.45, 7) is 2.24. The van der Waals surface area contributed by atoms with Gasteiger partial charge in [0.05, 0.1) is 0 Å². The third kappa shape index (κ3) is 3.03. The maximum Gasteiger partial charge on any atom is 0.0446 e. The van der Waals surface area contributed by atoms with E-state index in [0.29, 0.717) is 11.8 Å². The normalized spacial score (nSPS) is 33.2. The van der Waals surface area contributed by atoms with Crippen LogP contribution in [0.5, 0.6) is 0 Å². The highest BCUT2D eigenvalue weighted by Gasteiger charge is 2.36. The number of pyridine rings is 1. The summed E-state index contributed by atoms with van der Waals surface area (Å²) in [5.41, 5.74) is 1.15. The van der Waals surface area contributed by atoms with Crippen molar-refractivity contribution in [1.82, 2.24) is 4.98 Å². The van der Waals surface area contributed by atoms with Crippen molar-refractivity contribution < 1.29 is 0 Å². The van der Waals surface area contributed by atoms with Gasteiger partial charge in [-0.15, -0.1) is 11.6 Å². The lowest BCUT2D eigenvalue weighted by atomic mass is 9.66. The van der Waals surface area contributed by atoms with Crippen LogP contribution in [0.15, 0.2) is 24.4 Å². The van der Waals surface area contributed by atoms with E-state index in [2.05, 4.69) is 24.0 Å². The van der Waals surface area contributed by atoms with Crippen LogP contribution >= 0.6 is 11.6 Å². The molecule has 0 aliphatic heterocycles. The Bertz CT molecular complexity index is 419. The lowest BCUT2D eigenvalue weighted by Gasteiger charge is -2.41. The van der Waals surface area contributed by atoms with Gasteiger partial charge >= 0.3 is 0 Å². The molecule has 5 atom stereocenters. The Labute approximate surface area is 128 Å². The fraction of sp³-hybridized carbons (Fsp3) is 0.722. The molecule has 1 nitrogen and oxygen atoms in total. The van der Waals surface area contributed by atoms with Crippen molar-refractivity contribution in [3.05, 3.63) is 30.1 Å². The van der Waals surface area contributed by atoms with E-state index in [0.717, 1.165) is 17.5 Å². The van der Waals surface area contributed by atoms with Crippen molar-refractivity contribution in [2.24, 2.45) is 17.8 Å². The van der Waals surface area contributed by atoms with E-state index in [4.69, 9.17) is 11.6 Å². The maximum absolute atomic E-state index is 6.84. The molecule has 0 bridgehead atoms. The molecule has 0 aromatic carbocycles. The van der Waals surface area contributed by atoms with Crippen LogP contribution in [-0.2, 0) is 0 Å². The molecule has 0 spiro atoms. The molecule has 1 heterocycles. The van der Waals surface area contributed by atoms with Crippen LogP contribution in [0.25, 0.3) is 0 Å². The summed E-state index contributed by atoms with van der Waals surface area (Å²) in [5, 5.41) is 0.243. The molecule has 2 saturated carbocycles. The minimum Gasteiger partial charge on any atom is -0.261 e. The van der Waals surface area contributed by atoms with Crippen LogP contribution in [-0.4, -0.2) is 10.4 Å². The molecule has 20 heavy (non-hydrogen) atoms. The van der Waals surface area contributed by atoms with Crippen molar-refractivity contribution in [1.29, 1.82) is 0 Å². The molecule has 0 radical (unpaired) electrons. The minimum atomic E-state index is 0.243. The number of nitrogens with zero attached hydrogens (tertiary/aromatic N) is 1. The first-order valence-electron chi connectivity index (χ1n) is 8.30. The van der Waals surface area contributed by atoms with Gasteiger partial charge in [-0.1, -0.05) is 38.7 Å². The fourth-order valence-electron chi connectivity index (χ4n) is 4.42. The van der Waals surface area contributed by atoms with Crippen LogP contribution in [0.1, 0.15) is 63.5 Å². The predicted molar refractivity (Wildman–Crippen MR) is 85.1 cm³/mol. The maximum atomic E-state index is 6.84. The average molecular weight is 292 g/mol. The second-order valence-electron chi connectivity index (χ2n) is 6.87. The molecule has 3 rings (SSSR count).